The van der Waals surface area contributed by atoms with Crippen LogP contribution in [0.4, 0.5) is 15.3 Å². The maximum Gasteiger partial charge on any atom is 0.407 e. The Labute approximate surface area is 167 Å². The third-order valence-corrected chi connectivity index (χ3v) is 4.95. The second-order valence-electron chi connectivity index (χ2n) is 6.50. The zero-order valence-electron chi connectivity index (χ0n) is 15.1. The topological polar surface area (TPSA) is 99.2 Å². The van der Waals surface area contributed by atoms with Crippen molar-refractivity contribution in [2.24, 2.45) is 0 Å². The van der Waals surface area contributed by atoms with Gasteiger partial charge in [-0.25, -0.2) is 9.59 Å². The Kier molecular flexibility index (Phi) is 6.39. The number of urea groups is 1. The number of halogens is 1. The van der Waals surface area contributed by atoms with Crippen LogP contribution >= 0.6 is 11.6 Å². The van der Waals surface area contributed by atoms with Gasteiger partial charge in [0.1, 0.15) is 6.61 Å². The van der Waals surface area contributed by atoms with Crippen LogP contribution in [0.3, 0.4) is 0 Å². The van der Waals surface area contributed by atoms with E-state index in [1.54, 1.807) is 18.2 Å². The molecule has 2 aliphatic heterocycles. The van der Waals surface area contributed by atoms with Crippen molar-refractivity contribution in [3.63, 3.8) is 0 Å². The molecule has 0 radical (unpaired) electrons. The Balaban J connectivity index is 1.56. The molecule has 2 saturated heterocycles. The summed E-state index contributed by atoms with van der Waals surface area (Å²) in [5.41, 5.74) is 1.17. The number of rotatable bonds is 3. The molecule has 0 aliphatic carbocycles. The van der Waals surface area contributed by atoms with Crippen molar-refractivity contribution < 1.29 is 24.2 Å². The second kappa shape index (κ2) is 8.95. The lowest BCUT2D eigenvalue weighted by molar-refractivity contribution is -0.120. The van der Waals surface area contributed by atoms with Crippen LogP contribution in [0.15, 0.2) is 18.2 Å². The van der Waals surface area contributed by atoms with Gasteiger partial charge in [0.05, 0.1) is 16.8 Å². The number of hydrogen-bond acceptors (Lipinski definition) is 4. The van der Waals surface area contributed by atoms with E-state index >= 15 is 0 Å². The zero-order chi connectivity index (χ0) is 20.1. The standard InChI is InChI=1S/C19H20ClN3O5/c20-15-4-3-13(12-16(15)23-10-7-17(24)21-18(23)25)2-1-11-28-14-5-8-22(9-6-14)19(26)27/h3-4,12,14H,5-11H2,(H,26,27)(H,21,24,25). The third-order valence-electron chi connectivity index (χ3n) is 4.63. The van der Waals surface area contributed by atoms with E-state index < -0.39 is 12.1 Å². The fourth-order valence-electron chi connectivity index (χ4n) is 3.10. The maximum absolute atomic E-state index is 12.0. The molecule has 0 unspecified atom stereocenters. The number of anilines is 1. The number of carbonyl (C=O) groups is 3. The highest BCUT2D eigenvalue weighted by molar-refractivity contribution is 6.34. The van der Waals surface area contributed by atoms with Gasteiger partial charge in [-0.1, -0.05) is 23.4 Å². The number of nitrogens with one attached hydrogen (secondary N) is 1. The summed E-state index contributed by atoms with van der Waals surface area (Å²) < 4.78 is 5.70. The summed E-state index contributed by atoms with van der Waals surface area (Å²) in [5.74, 6) is 5.60. The van der Waals surface area contributed by atoms with E-state index in [1.165, 1.54) is 9.80 Å². The first kappa shape index (κ1) is 20.0. The molecule has 0 atom stereocenters. The first-order valence-corrected chi connectivity index (χ1v) is 9.31. The first-order chi connectivity index (χ1) is 13.4. The number of ether oxygens (including phenoxy) is 1. The molecule has 2 fully saturated rings. The molecule has 0 bridgehead atoms. The number of piperidine rings is 1. The van der Waals surface area contributed by atoms with E-state index in [9.17, 15) is 14.4 Å². The summed E-state index contributed by atoms with van der Waals surface area (Å²) in [5, 5.41) is 11.6. The maximum atomic E-state index is 12.0. The number of benzene rings is 1. The van der Waals surface area contributed by atoms with Crippen molar-refractivity contribution in [2.75, 3.05) is 31.1 Å². The smallest absolute Gasteiger partial charge is 0.407 e. The van der Waals surface area contributed by atoms with Crippen LogP contribution in [0.1, 0.15) is 24.8 Å². The Morgan fingerprint density at radius 1 is 1.29 bits per heavy atom. The molecule has 2 heterocycles. The molecule has 1 aromatic carbocycles. The van der Waals surface area contributed by atoms with Gasteiger partial charge in [-0.2, -0.15) is 0 Å². The molecule has 0 spiro atoms. The molecule has 28 heavy (non-hydrogen) atoms. The Hall–Kier alpha value is -2.76. The monoisotopic (exact) mass is 405 g/mol. The summed E-state index contributed by atoms with van der Waals surface area (Å²) in [6.45, 7) is 1.43. The van der Waals surface area contributed by atoms with E-state index in [1.807, 2.05) is 0 Å². The van der Waals surface area contributed by atoms with Gasteiger partial charge < -0.3 is 14.7 Å². The fourth-order valence-corrected chi connectivity index (χ4v) is 3.32. The fraction of sp³-hybridized carbons (Fsp3) is 0.421. The minimum atomic E-state index is -0.900. The predicted molar refractivity (Wildman–Crippen MR) is 102 cm³/mol. The van der Waals surface area contributed by atoms with Crippen LogP contribution in [0, 0.1) is 11.8 Å². The molecular formula is C19H20ClN3O5. The van der Waals surface area contributed by atoms with E-state index in [0.29, 0.717) is 42.2 Å². The number of imide groups is 1. The van der Waals surface area contributed by atoms with Crippen molar-refractivity contribution in [3.05, 3.63) is 28.8 Å². The summed E-state index contributed by atoms with van der Waals surface area (Å²) in [6, 6.07) is 4.61. The lowest BCUT2D eigenvalue weighted by Gasteiger charge is -2.29. The highest BCUT2D eigenvalue weighted by Crippen LogP contribution is 2.28. The molecule has 148 valence electrons. The summed E-state index contributed by atoms with van der Waals surface area (Å²) >= 11 is 6.20. The molecular weight excluding hydrogens is 386 g/mol. The van der Waals surface area contributed by atoms with Crippen molar-refractivity contribution in [3.8, 4) is 11.8 Å². The average molecular weight is 406 g/mol. The van der Waals surface area contributed by atoms with Crippen LogP contribution in [0.5, 0.6) is 0 Å². The van der Waals surface area contributed by atoms with Crippen molar-refractivity contribution >= 4 is 35.3 Å². The largest absolute Gasteiger partial charge is 0.465 e. The van der Waals surface area contributed by atoms with Gasteiger partial charge in [0, 0.05) is 31.6 Å². The summed E-state index contributed by atoms with van der Waals surface area (Å²) in [4.78, 5) is 37.0. The lowest BCUT2D eigenvalue weighted by Crippen LogP contribution is -2.49. The summed E-state index contributed by atoms with van der Waals surface area (Å²) in [6.07, 6.45) is 0.625. The molecule has 3 rings (SSSR count). The highest BCUT2D eigenvalue weighted by atomic mass is 35.5. The van der Waals surface area contributed by atoms with E-state index in [2.05, 4.69) is 17.2 Å². The number of nitrogens with zero attached hydrogens (tertiary/aromatic N) is 2. The molecule has 0 aromatic heterocycles. The molecule has 8 nitrogen and oxygen atoms in total. The summed E-state index contributed by atoms with van der Waals surface area (Å²) in [7, 11) is 0. The number of hydrogen-bond donors (Lipinski definition) is 2. The molecule has 1 aromatic rings. The van der Waals surface area contributed by atoms with Gasteiger partial charge in [-0.3, -0.25) is 15.0 Å². The van der Waals surface area contributed by atoms with Crippen LogP contribution < -0.4 is 10.2 Å². The van der Waals surface area contributed by atoms with Crippen LogP contribution in [-0.4, -0.2) is 60.4 Å². The van der Waals surface area contributed by atoms with Gasteiger partial charge >= 0.3 is 12.1 Å². The average Bonchev–Trinajstić information content (AvgIpc) is 2.67. The predicted octanol–water partition coefficient (Wildman–Crippen LogP) is 2.30. The Bertz CT molecular complexity index is 840. The minimum absolute atomic E-state index is 0.000242. The SMILES string of the molecule is O=C1CCN(c2cc(C#CCOC3CCN(C(=O)O)CC3)ccc2Cl)C(=O)N1. The number of carboxylic acid groups (broad SMARTS) is 1. The highest BCUT2D eigenvalue weighted by Gasteiger charge is 2.26. The van der Waals surface area contributed by atoms with Crippen molar-refractivity contribution in [1.82, 2.24) is 10.2 Å². The minimum Gasteiger partial charge on any atom is -0.465 e. The van der Waals surface area contributed by atoms with E-state index in [0.717, 1.165) is 0 Å². The number of amides is 4. The first-order valence-electron chi connectivity index (χ1n) is 8.93. The van der Waals surface area contributed by atoms with Gasteiger partial charge in [-0.05, 0) is 31.0 Å². The van der Waals surface area contributed by atoms with Gasteiger partial charge in [0.2, 0.25) is 5.91 Å². The van der Waals surface area contributed by atoms with E-state index in [-0.39, 0.29) is 31.6 Å². The molecule has 2 aliphatic rings. The van der Waals surface area contributed by atoms with Crippen LogP contribution in [-0.2, 0) is 9.53 Å². The normalized spacial score (nSPS) is 17.8. The van der Waals surface area contributed by atoms with Crippen LogP contribution in [0.2, 0.25) is 5.02 Å². The zero-order valence-corrected chi connectivity index (χ0v) is 15.9. The molecule has 9 heteroatoms. The Morgan fingerprint density at radius 2 is 2.04 bits per heavy atom. The molecule has 4 amide bonds. The molecule has 2 N–H and O–H groups in total. The van der Waals surface area contributed by atoms with E-state index in [4.69, 9.17) is 21.4 Å². The van der Waals surface area contributed by atoms with Gasteiger partial charge in [0.15, 0.2) is 0 Å². The quantitative estimate of drug-likeness (QED) is 0.752. The van der Waals surface area contributed by atoms with Crippen molar-refractivity contribution in [2.45, 2.75) is 25.4 Å². The van der Waals surface area contributed by atoms with Crippen LogP contribution in [0.25, 0.3) is 0 Å². The third kappa shape index (κ3) is 4.94. The number of likely N-dealkylation sites (tertiary alicyclic amines) is 1. The van der Waals surface area contributed by atoms with Gasteiger partial charge in [-0.15, -0.1) is 0 Å². The molecule has 0 saturated carbocycles. The lowest BCUT2D eigenvalue weighted by atomic mass is 10.1. The van der Waals surface area contributed by atoms with Crippen molar-refractivity contribution in [1.29, 1.82) is 0 Å². The number of carbonyl (C=O) groups excluding carboxylic acids is 2. The Morgan fingerprint density at radius 3 is 2.71 bits per heavy atom. The van der Waals surface area contributed by atoms with Gasteiger partial charge in [0.25, 0.3) is 0 Å². The second-order valence-corrected chi connectivity index (χ2v) is 6.91.